The Bertz CT molecular complexity index is 485. The summed E-state index contributed by atoms with van der Waals surface area (Å²) in [4.78, 5) is 2.55. The monoisotopic (exact) mass is 323 g/mol. The van der Waals surface area contributed by atoms with Gasteiger partial charge in [0.25, 0.3) is 0 Å². The van der Waals surface area contributed by atoms with Crippen LogP contribution in [0.15, 0.2) is 24.3 Å². The molecule has 2 rings (SSSR count). The van der Waals surface area contributed by atoms with E-state index in [1.165, 1.54) is 31.6 Å². The molecule has 1 fully saturated rings. The Kier molecular flexibility index (Phi) is 6.58. The predicted molar refractivity (Wildman–Crippen MR) is 94.6 cm³/mol. The zero-order valence-corrected chi connectivity index (χ0v) is 14.3. The summed E-state index contributed by atoms with van der Waals surface area (Å²) in [6.07, 6.45) is 2.40. The quantitative estimate of drug-likeness (QED) is 0.641. The van der Waals surface area contributed by atoms with Crippen LogP contribution in [-0.2, 0) is 0 Å². The van der Waals surface area contributed by atoms with Crippen molar-refractivity contribution in [3.8, 4) is 0 Å². The Hall–Kier alpha value is -1.20. The standard InChI is InChI=1S/C17H26FN3S/c1-13-9-14(2)12-21(11-13)8-4-7-19-17(22)20-16-6-3-5-15(18)10-16/h3,5-6,10,13-14H,4,7-9,11-12H2,1-2H3,(H2,19,20,22)/t13-,14+. The summed E-state index contributed by atoms with van der Waals surface area (Å²) in [7, 11) is 0. The van der Waals surface area contributed by atoms with Gasteiger partial charge in [-0.1, -0.05) is 19.9 Å². The van der Waals surface area contributed by atoms with E-state index in [2.05, 4.69) is 29.4 Å². The zero-order valence-electron chi connectivity index (χ0n) is 13.4. The molecule has 1 aliphatic heterocycles. The summed E-state index contributed by atoms with van der Waals surface area (Å²) in [6.45, 7) is 9.01. The Morgan fingerprint density at radius 2 is 2.05 bits per heavy atom. The van der Waals surface area contributed by atoms with Crippen LogP contribution in [0.1, 0.15) is 26.7 Å². The van der Waals surface area contributed by atoms with E-state index in [0.717, 1.165) is 31.3 Å². The maximum atomic E-state index is 13.1. The second-order valence-electron chi connectivity index (χ2n) is 6.45. The molecule has 1 aromatic rings. The number of hydrogen-bond acceptors (Lipinski definition) is 2. The van der Waals surface area contributed by atoms with Gasteiger partial charge in [-0.25, -0.2) is 4.39 Å². The molecule has 0 bridgehead atoms. The van der Waals surface area contributed by atoms with Gasteiger partial charge in [-0.05, 0) is 61.6 Å². The highest BCUT2D eigenvalue weighted by molar-refractivity contribution is 7.80. The first-order valence-corrected chi connectivity index (χ1v) is 8.46. The highest BCUT2D eigenvalue weighted by atomic mass is 32.1. The molecular weight excluding hydrogens is 297 g/mol. The largest absolute Gasteiger partial charge is 0.362 e. The smallest absolute Gasteiger partial charge is 0.170 e. The summed E-state index contributed by atoms with van der Waals surface area (Å²) >= 11 is 5.23. The van der Waals surface area contributed by atoms with E-state index in [4.69, 9.17) is 12.2 Å². The van der Waals surface area contributed by atoms with Crippen molar-refractivity contribution in [3.63, 3.8) is 0 Å². The molecule has 1 aliphatic rings. The normalized spacial score (nSPS) is 22.3. The first-order valence-electron chi connectivity index (χ1n) is 8.05. The molecule has 1 aromatic carbocycles. The van der Waals surface area contributed by atoms with Crippen LogP contribution < -0.4 is 10.6 Å². The number of thiocarbonyl (C=S) groups is 1. The molecule has 0 unspecified atom stereocenters. The summed E-state index contributed by atoms with van der Waals surface area (Å²) < 4.78 is 13.1. The van der Waals surface area contributed by atoms with Crippen LogP contribution in [0, 0.1) is 17.7 Å². The van der Waals surface area contributed by atoms with Gasteiger partial charge in [-0.3, -0.25) is 0 Å². The van der Waals surface area contributed by atoms with E-state index in [1.807, 2.05) is 0 Å². The Morgan fingerprint density at radius 1 is 1.32 bits per heavy atom. The average molecular weight is 323 g/mol. The van der Waals surface area contributed by atoms with Crippen LogP contribution >= 0.6 is 12.2 Å². The van der Waals surface area contributed by atoms with E-state index in [0.29, 0.717) is 10.8 Å². The first-order chi connectivity index (χ1) is 10.5. The van der Waals surface area contributed by atoms with Crippen molar-refractivity contribution in [3.05, 3.63) is 30.1 Å². The molecule has 22 heavy (non-hydrogen) atoms. The second kappa shape index (κ2) is 8.44. The minimum Gasteiger partial charge on any atom is -0.362 e. The molecule has 0 aliphatic carbocycles. The lowest BCUT2D eigenvalue weighted by molar-refractivity contribution is 0.140. The molecule has 122 valence electrons. The Labute approximate surface area is 138 Å². The minimum absolute atomic E-state index is 0.263. The van der Waals surface area contributed by atoms with Crippen molar-refractivity contribution < 1.29 is 4.39 Å². The highest BCUT2D eigenvalue weighted by Crippen LogP contribution is 2.20. The van der Waals surface area contributed by atoms with Crippen molar-refractivity contribution >= 4 is 23.0 Å². The molecule has 1 saturated heterocycles. The molecule has 0 spiro atoms. The number of anilines is 1. The van der Waals surface area contributed by atoms with Gasteiger partial charge in [0.05, 0.1) is 0 Å². The van der Waals surface area contributed by atoms with E-state index >= 15 is 0 Å². The lowest BCUT2D eigenvalue weighted by Crippen LogP contribution is -2.40. The lowest BCUT2D eigenvalue weighted by atomic mass is 9.92. The Balaban J connectivity index is 1.63. The highest BCUT2D eigenvalue weighted by Gasteiger charge is 2.20. The Morgan fingerprint density at radius 3 is 2.73 bits per heavy atom. The van der Waals surface area contributed by atoms with Gasteiger partial charge in [0, 0.05) is 25.3 Å². The van der Waals surface area contributed by atoms with Gasteiger partial charge in [-0.15, -0.1) is 0 Å². The molecular formula is C17H26FN3S. The predicted octanol–water partition coefficient (Wildman–Crippen LogP) is 3.48. The van der Waals surface area contributed by atoms with Crippen LogP contribution in [0.3, 0.4) is 0 Å². The van der Waals surface area contributed by atoms with Crippen molar-refractivity contribution in [2.75, 3.05) is 31.5 Å². The molecule has 0 radical (unpaired) electrons. The molecule has 0 amide bonds. The van der Waals surface area contributed by atoms with Crippen molar-refractivity contribution in [1.82, 2.24) is 10.2 Å². The minimum atomic E-state index is -0.263. The lowest BCUT2D eigenvalue weighted by Gasteiger charge is -2.34. The van der Waals surface area contributed by atoms with Gasteiger partial charge in [0.2, 0.25) is 0 Å². The summed E-state index contributed by atoms with van der Waals surface area (Å²) in [5, 5.41) is 6.73. The molecule has 5 heteroatoms. The number of benzene rings is 1. The van der Waals surface area contributed by atoms with Crippen LogP contribution in [0.2, 0.25) is 0 Å². The van der Waals surface area contributed by atoms with Gasteiger partial charge in [0.1, 0.15) is 5.82 Å². The number of hydrogen-bond donors (Lipinski definition) is 2. The number of piperidine rings is 1. The third kappa shape index (κ3) is 5.89. The van der Waals surface area contributed by atoms with Gasteiger partial charge < -0.3 is 15.5 Å². The van der Waals surface area contributed by atoms with Gasteiger partial charge in [-0.2, -0.15) is 0 Å². The fourth-order valence-electron chi connectivity index (χ4n) is 3.22. The topological polar surface area (TPSA) is 27.3 Å². The van der Waals surface area contributed by atoms with E-state index < -0.39 is 0 Å². The third-order valence-electron chi connectivity index (χ3n) is 3.96. The van der Waals surface area contributed by atoms with Crippen LogP contribution in [0.5, 0.6) is 0 Å². The molecule has 0 saturated carbocycles. The molecule has 0 aromatic heterocycles. The van der Waals surface area contributed by atoms with Crippen LogP contribution in [0.25, 0.3) is 0 Å². The fraction of sp³-hybridized carbons (Fsp3) is 0.588. The molecule has 3 nitrogen and oxygen atoms in total. The summed E-state index contributed by atoms with van der Waals surface area (Å²) in [5.41, 5.74) is 0.677. The van der Waals surface area contributed by atoms with Gasteiger partial charge in [0.15, 0.2) is 5.11 Å². The van der Waals surface area contributed by atoms with Crippen molar-refractivity contribution in [1.29, 1.82) is 0 Å². The van der Waals surface area contributed by atoms with E-state index in [1.54, 1.807) is 12.1 Å². The maximum Gasteiger partial charge on any atom is 0.170 e. The first kappa shape index (κ1) is 17.2. The van der Waals surface area contributed by atoms with E-state index in [-0.39, 0.29) is 5.82 Å². The molecule has 2 N–H and O–H groups in total. The number of rotatable bonds is 5. The number of likely N-dealkylation sites (tertiary alicyclic amines) is 1. The molecule has 1 heterocycles. The van der Waals surface area contributed by atoms with E-state index in [9.17, 15) is 4.39 Å². The average Bonchev–Trinajstić information content (AvgIpc) is 2.42. The molecule has 2 atom stereocenters. The fourth-order valence-corrected chi connectivity index (χ4v) is 3.44. The maximum absolute atomic E-state index is 13.1. The number of nitrogens with one attached hydrogen (secondary N) is 2. The number of halogens is 1. The summed E-state index contributed by atoms with van der Waals surface area (Å²) in [6, 6.07) is 6.32. The number of nitrogens with zero attached hydrogens (tertiary/aromatic N) is 1. The van der Waals surface area contributed by atoms with Gasteiger partial charge >= 0.3 is 0 Å². The van der Waals surface area contributed by atoms with Crippen LogP contribution in [-0.4, -0.2) is 36.2 Å². The second-order valence-corrected chi connectivity index (χ2v) is 6.86. The zero-order chi connectivity index (χ0) is 15.9. The van der Waals surface area contributed by atoms with Crippen molar-refractivity contribution in [2.45, 2.75) is 26.7 Å². The van der Waals surface area contributed by atoms with Crippen LogP contribution in [0.4, 0.5) is 10.1 Å². The van der Waals surface area contributed by atoms with Crippen molar-refractivity contribution in [2.24, 2.45) is 11.8 Å². The summed E-state index contributed by atoms with van der Waals surface area (Å²) in [5.74, 6) is 1.33. The SMILES string of the molecule is C[C@@H]1C[C@H](C)CN(CCCNC(=S)Nc2cccc(F)c2)C1. The third-order valence-corrected chi connectivity index (χ3v) is 4.21.